The van der Waals surface area contributed by atoms with Gasteiger partial charge in [0, 0.05) is 37.6 Å². The van der Waals surface area contributed by atoms with Crippen LogP contribution in [-0.2, 0) is 11.3 Å². The summed E-state index contributed by atoms with van der Waals surface area (Å²) < 4.78 is 0. The van der Waals surface area contributed by atoms with Gasteiger partial charge in [0.05, 0.1) is 0 Å². The highest BCUT2D eigenvalue weighted by Gasteiger charge is 2.37. The van der Waals surface area contributed by atoms with Crippen molar-refractivity contribution in [2.75, 3.05) is 20.1 Å². The van der Waals surface area contributed by atoms with Gasteiger partial charge in [-0.25, -0.2) is 0 Å². The van der Waals surface area contributed by atoms with Gasteiger partial charge in [0.25, 0.3) is 0 Å². The summed E-state index contributed by atoms with van der Waals surface area (Å²) in [5, 5.41) is 6.17. The molecule has 19 heavy (non-hydrogen) atoms. The van der Waals surface area contributed by atoms with Gasteiger partial charge in [0.2, 0.25) is 5.91 Å². The van der Waals surface area contributed by atoms with E-state index in [-0.39, 0.29) is 17.5 Å². The van der Waals surface area contributed by atoms with E-state index in [1.165, 1.54) is 5.56 Å². The number of amides is 1. The first-order chi connectivity index (χ1) is 9.02. The standard InChI is InChI=1S/C14H22N4O/c1-14(2)10-18(9-11-4-6-16-7-5-11)12(8-15-3)13(19)17-14/h4-7,12,15H,8-10H2,1-3H3,(H,17,19). The maximum Gasteiger partial charge on any atom is 0.239 e. The monoisotopic (exact) mass is 262 g/mol. The molecule has 2 N–H and O–H groups in total. The maximum atomic E-state index is 12.2. The van der Waals surface area contributed by atoms with Gasteiger partial charge in [-0.05, 0) is 38.6 Å². The van der Waals surface area contributed by atoms with Gasteiger partial charge in [0.15, 0.2) is 0 Å². The predicted molar refractivity (Wildman–Crippen MR) is 74.6 cm³/mol. The highest BCUT2D eigenvalue weighted by Crippen LogP contribution is 2.18. The molecule has 5 nitrogen and oxygen atoms in total. The fraction of sp³-hybridized carbons (Fsp3) is 0.571. The Morgan fingerprint density at radius 2 is 2.16 bits per heavy atom. The van der Waals surface area contributed by atoms with Gasteiger partial charge >= 0.3 is 0 Å². The molecule has 0 bridgehead atoms. The van der Waals surface area contributed by atoms with Crippen molar-refractivity contribution in [3.8, 4) is 0 Å². The van der Waals surface area contributed by atoms with Crippen LogP contribution < -0.4 is 10.6 Å². The molecule has 1 fully saturated rings. The second kappa shape index (κ2) is 5.67. The summed E-state index contributed by atoms with van der Waals surface area (Å²) in [7, 11) is 1.87. The lowest BCUT2D eigenvalue weighted by Gasteiger charge is -2.43. The molecule has 2 heterocycles. The number of nitrogens with one attached hydrogen (secondary N) is 2. The molecule has 1 unspecified atom stereocenters. The molecule has 0 saturated carbocycles. The molecule has 104 valence electrons. The van der Waals surface area contributed by atoms with Crippen LogP contribution >= 0.6 is 0 Å². The number of carbonyl (C=O) groups is 1. The maximum absolute atomic E-state index is 12.2. The Morgan fingerprint density at radius 3 is 2.79 bits per heavy atom. The lowest BCUT2D eigenvalue weighted by atomic mass is 9.97. The second-order valence-corrected chi connectivity index (χ2v) is 5.71. The van der Waals surface area contributed by atoms with Crippen LogP contribution in [0.25, 0.3) is 0 Å². The Hall–Kier alpha value is -1.46. The minimum atomic E-state index is -0.186. The molecule has 0 radical (unpaired) electrons. The van der Waals surface area contributed by atoms with Crippen molar-refractivity contribution >= 4 is 5.91 Å². The third-order valence-electron chi connectivity index (χ3n) is 3.34. The first-order valence-electron chi connectivity index (χ1n) is 6.61. The van der Waals surface area contributed by atoms with E-state index in [0.29, 0.717) is 6.54 Å². The van der Waals surface area contributed by atoms with Crippen LogP contribution in [0, 0.1) is 0 Å². The van der Waals surface area contributed by atoms with Crippen LogP contribution in [0.4, 0.5) is 0 Å². The van der Waals surface area contributed by atoms with Crippen LogP contribution in [0.2, 0.25) is 0 Å². The molecule has 0 spiro atoms. The molecule has 1 amide bonds. The third-order valence-corrected chi connectivity index (χ3v) is 3.34. The van der Waals surface area contributed by atoms with Crippen LogP contribution in [0.1, 0.15) is 19.4 Å². The fourth-order valence-electron chi connectivity index (χ4n) is 2.54. The van der Waals surface area contributed by atoms with Crippen molar-refractivity contribution in [3.05, 3.63) is 30.1 Å². The number of aromatic nitrogens is 1. The Morgan fingerprint density at radius 1 is 1.47 bits per heavy atom. The lowest BCUT2D eigenvalue weighted by molar-refractivity contribution is -0.132. The van der Waals surface area contributed by atoms with Crippen molar-refractivity contribution in [1.29, 1.82) is 0 Å². The van der Waals surface area contributed by atoms with E-state index in [0.717, 1.165) is 13.1 Å². The highest BCUT2D eigenvalue weighted by atomic mass is 16.2. The number of piperazine rings is 1. The van der Waals surface area contributed by atoms with Gasteiger partial charge < -0.3 is 10.6 Å². The van der Waals surface area contributed by atoms with Crippen LogP contribution in [-0.4, -0.2) is 47.5 Å². The van der Waals surface area contributed by atoms with Crippen molar-refractivity contribution in [1.82, 2.24) is 20.5 Å². The Labute approximate surface area is 114 Å². The first kappa shape index (κ1) is 14.0. The van der Waals surface area contributed by atoms with Gasteiger partial charge in [-0.2, -0.15) is 0 Å². The number of likely N-dealkylation sites (N-methyl/N-ethyl adjacent to an activating group) is 1. The van der Waals surface area contributed by atoms with E-state index in [2.05, 4.69) is 34.4 Å². The number of pyridine rings is 1. The molecule has 5 heteroatoms. The van der Waals surface area contributed by atoms with E-state index in [1.807, 2.05) is 19.2 Å². The summed E-state index contributed by atoms with van der Waals surface area (Å²) in [6.07, 6.45) is 3.58. The molecule has 1 aromatic heterocycles. The second-order valence-electron chi connectivity index (χ2n) is 5.71. The van der Waals surface area contributed by atoms with Gasteiger partial charge in [0.1, 0.15) is 6.04 Å². The SMILES string of the molecule is CNCC1C(=O)NC(C)(C)CN1Cc1ccncc1. The molecule has 1 aliphatic heterocycles. The molecule has 1 aliphatic rings. The normalized spacial score (nSPS) is 23.1. The first-order valence-corrected chi connectivity index (χ1v) is 6.61. The zero-order valence-electron chi connectivity index (χ0n) is 11.8. The highest BCUT2D eigenvalue weighted by molar-refractivity contribution is 5.83. The molecular formula is C14H22N4O. The van der Waals surface area contributed by atoms with E-state index < -0.39 is 0 Å². The van der Waals surface area contributed by atoms with Gasteiger partial charge in [-0.3, -0.25) is 14.7 Å². The van der Waals surface area contributed by atoms with Crippen molar-refractivity contribution < 1.29 is 4.79 Å². The van der Waals surface area contributed by atoms with Crippen molar-refractivity contribution in [2.24, 2.45) is 0 Å². The number of carbonyl (C=O) groups excluding carboxylic acids is 1. The van der Waals surface area contributed by atoms with Crippen molar-refractivity contribution in [3.63, 3.8) is 0 Å². The minimum absolute atomic E-state index is 0.0969. The quantitative estimate of drug-likeness (QED) is 0.823. The molecule has 1 aromatic rings. The largest absolute Gasteiger partial charge is 0.349 e. The Bertz CT molecular complexity index is 432. The summed E-state index contributed by atoms with van der Waals surface area (Å²) in [6.45, 7) is 6.38. The van der Waals surface area contributed by atoms with Crippen LogP contribution in [0.15, 0.2) is 24.5 Å². The molecule has 2 rings (SSSR count). The summed E-state index contributed by atoms with van der Waals surface area (Å²) in [5.74, 6) is 0.0969. The van der Waals surface area contributed by atoms with E-state index in [4.69, 9.17) is 0 Å². The van der Waals surface area contributed by atoms with Gasteiger partial charge in [-0.15, -0.1) is 0 Å². The predicted octanol–water partition coefficient (Wildman–Crippen LogP) is 0.380. The average molecular weight is 262 g/mol. The number of hydrogen-bond acceptors (Lipinski definition) is 4. The van der Waals surface area contributed by atoms with Gasteiger partial charge in [-0.1, -0.05) is 0 Å². The number of nitrogens with zero attached hydrogens (tertiary/aromatic N) is 2. The number of hydrogen-bond donors (Lipinski definition) is 2. The molecule has 1 atom stereocenters. The van der Waals surface area contributed by atoms with E-state index >= 15 is 0 Å². The van der Waals surface area contributed by atoms with E-state index in [9.17, 15) is 4.79 Å². The summed E-state index contributed by atoms with van der Waals surface area (Å²) in [4.78, 5) is 18.4. The van der Waals surface area contributed by atoms with Crippen LogP contribution in [0.5, 0.6) is 0 Å². The Kier molecular flexibility index (Phi) is 4.17. The van der Waals surface area contributed by atoms with Crippen LogP contribution in [0.3, 0.4) is 0 Å². The lowest BCUT2D eigenvalue weighted by Crippen LogP contribution is -2.66. The summed E-state index contributed by atoms with van der Waals surface area (Å²) in [5.41, 5.74) is 0.996. The third kappa shape index (κ3) is 3.52. The zero-order valence-corrected chi connectivity index (χ0v) is 11.8. The van der Waals surface area contributed by atoms with E-state index in [1.54, 1.807) is 12.4 Å². The molecule has 1 saturated heterocycles. The fourth-order valence-corrected chi connectivity index (χ4v) is 2.54. The molecule has 0 aliphatic carbocycles. The smallest absolute Gasteiger partial charge is 0.239 e. The average Bonchev–Trinajstić information content (AvgIpc) is 2.34. The van der Waals surface area contributed by atoms with Crippen molar-refractivity contribution in [2.45, 2.75) is 32.0 Å². The summed E-state index contributed by atoms with van der Waals surface area (Å²) in [6, 6.07) is 3.87. The number of rotatable bonds is 4. The minimum Gasteiger partial charge on any atom is -0.349 e. The Balaban J connectivity index is 2.15. The summed E-state index contributed by atoms with van der Waals surface area (Å²) >= 11 is 0. The molecular weight excluding hydrogens is 240 g/mol. The topological polar surface area (TPSA) is 57.3 Å². The zero-order chi connectivity index (χ0) is 13.9. The molecule has 0 aromatic carbocycles.